The predicted octanol–water partition coefficient (Wildman–Crippen LogP) is 3.30. The van der Waals surface area contributed by atoms with Crippen LogP contribution in [-0.2, 0) is 4.79 Å². The topological polar surface area (TPSA) is 78.4 Å². The fourth-order valence-electron chi connectivity index (χ4n) is 1.52. The van der Waals surface area contributed by atoms with E-state index in [1.807, 2.05) is 0 Å². The standard InChI is InChI=1S/C13H18N2O3/c1-2-3-4-5-12(16)14-10-6-8-11(9-7-10)15-13(17)18/h6-9,15H,2-5H2,1H3,(H,14,16)(H,17,18). The Morgan fingerprint density at radius 3 is 2.11 bits per heavy atom. The molecule has 0 unspecified atom stereocenters. The molecule has 0 atom stereocenters. The van der Waals surface area contributed by atoms with Gasteiger partial charge in [-0.3, -0.25) is 10.1 Å². The Balaban J connectivity index is 2.43. The van der Waals surface area contributed by atoms with E-state index in [1.54, 1.807) is 24.3 Å². The largest absolute Gasteiger partial charge is 0.465 e. The number of rotatable bonds is 6. The second-order valence-electron chi connectivity index (χ2n) is 4.01. The average Bonchev–Trinajstić information content (AvgIpc) is 2.31. The van der Waals surface area contributed by atoms with E-state index in [-0.39, 0.29) is 5.91 Å². The van der Waals surface area contributed by atoms with Crippen LogP contribution < -0.4 is 10.6 Å². The minimum absolute atomic E-state index is 0.0117. The van der Waals surface area contributed by atoms with Crippen molar-refractivity contribution in [2.75, 3.05) is 10.6 Å². The van der Waals surface area contributed by atoms with Crippen LogP contribution in [0.5, 0.6) is 0 Å². The molecule has 0 fully saturated rings. The third-order valence-electron chi connectivity index (χ3n) is 2.43. The van der Waals surface area contributed by atoms with Crippen LogP contribution in [0, 0.1) is 0 Å². The van der Waals surface area contributed by atoms with Crippen molar-refractivity contribution in [1.29, 1.82) is 0 Å². The SMILES string of the molecule is CCCCCC(=O)Nc1ccc(NC(=O)O)cc1. The summed E-state index contributed by atoms with van der Waals surface area (Å²) in [6, 6.07) is 6.55. The van der Waals surface area contributed by atoms with E-state index in [2.05, 4.69) is 17.6 Å². The van der Waals surface area contributed by atoms with Crippen molar-refractivity contribution in [3.8, 4) is 0 Å². The Morgan fingerprint density at radius 2 is 1.61 bits per heavy atom. The molecule has 0 saturated heterocycles. The van der Waals surface area contributed by atoms with Crippen LogP contribution in [0.15, 0.2) is 24.3 Å². The molecular weight excluding hydrogens is 232 g/mol. The zero-order valence-corrected chi connectivity index (χ0v) is 10.4. The molecule has 0 saturated carbocycles. The van der Waals surface area contributed by atoms with Crippen LogP contribution in [0.4, 0.5) is 16.2 Å². The molecule has 98 valence electrons. The Morgan fingerprint density at radius 1 is 1.06 bits per heavy atom. The molecule has 0 radical (unpaired) electrons. The maximum Gasteiger partial charge on any atom is 0.409 e. The minimum atomic E-state index is -1.11. The highest BCUT2D eigenvalue weighted by Crippen LogP contribution is 2.14. The number of hydrogen-bond acceptors (Lipinski definition) is 2. The zero-order chi connectivity index (χ0) is 13.4. The predicted molar refractivity (Wildman–Crippen MR) is 70.9 cm³/mol. The maximum absolute atomic E-state index is 11.5. The highest BCUT2D eigenvalue weighted by Gasteiger charge is 2.02. The van der Waals surface area contributed by atoms with Gasteiger partial charge in [-0.1, -0.05) is 19.8 Å². The lowest BCUT2D eigenvalue weighted by atomic mass is 10.2. The molecule has 0 spiro atoms. The lowest BCUT2D eigenvalue weighted by molar-refractivity contribution is -0.116. The third kappa shape index (κ3) is 5.34. The molecule has 0 aliphatic rings. The summed E-state index contributed by atoms with van der Waals surface area (Å²) in [5.74, 6) is -0.0117. The van der Waals surface area contributed by atoms with Crippen LogP contribution in [-0.4, -0.2) is 17.1 Å². The number of carboxylic acid groups (broad SMARTS) is 1. The Hall–Kier alpha value is -2.04. The summed E-state index contributed by atoms with van der Waals surface area (Å²) in [4.78, 5) is 21.9. The van der Waals surface area contributed by atoms with Crippen molar-refractivity contribution in [3.05, 3.63) is 24.3 Å². The lowest BCUT2D eigenvalue weighted by Gasteiger charge is -2.06. The number of anilines is 2. The quantitative estimate of drug-likeness (QED) is 0.678. The van der Waals surface area contributed by atoms with Crippen molar-refractivity contribution < 1.29 is 14.7 Å². The van der Waals surface area contributed by atoms with Crippen molar-refractivity contribution in [2.45, 2.75) is 32.6 Å². The fraction of sp³-hybridized carbons (Fsp3) is 0.385. The maximum atomic E-state index is 11.5. The Kier molecular flexibility index (Phi) is 5.70. The van der Waals surface area contributed by atoms with Crippen molar-refractivity contribution in [1.82, 2.24) is 0 Å². The Bertz CT molecular complexity index is 401. The molecule has 2 amide bonds. The van der Waals surface area contributed by atoms with E-state index in [4.69, 9.17) is 5.11 Å². The van der Waals surface area contributed by atoms with Crippen LogP contribution in [0.3, 0.4) is 0 Å². The molecule has 1 rings (SSSR count). The number of carbonyl (C=O) groups excluding carboxylic acids is 1. The first-order valence-electron chi connectivity index (χ1n) is 6.01. The van der Waals surface area contributed by atoms with E-state index in [9.17, 15) is 9.59 Å². The molecule has 5 nitrogen and oxygen atoms in total. The van der Waals surface area contributed by atoms with Gasteiger partial charge < -0.3 is 10.4 Å². The number of hydrogen-bond donors (Lipinski definition) is 3. The molecule has 0 bridgehead atoms. The fourth-order valence-corrected chi connectivity index (χ4v) is 1.52. The van der Waals surface area contributed by atoms with E-state index in [1.165, 1.54) is 0 Å². The number of unbranched alkanes of at least 4 members (excludes halogenated alkanes) is 2. The van der Waals surface area contributed by atoms with Crippen LogP contribution in [0.2, 0.25) is 0 Å². The summed E-state index contributed by atoms with van der Waals surface area (Å²) < 4.78 is 0. The minimum Gasteiger partial charge on any atom is -0.465 e. The summed E-state index contributed by atoms with van der Waals surface area (Å²) in [5, 5.41) is 13.5. The summed E-state index contributed by atoms with van der Waals surface area (Å²) in [6.45, 7) is 2.09. The van der Waals surface area contributed by atoms with Crippen molar-refractivity contribution in [2.24, 2.45) is 0 Å². The van der Waals surface area contributed by atoms with Gasteiger partial charge >= 0.3 is 6.09 Å². The highest BCUT2D eigenvalue weighted by atomic mass is 16.4. The van der Waals surface area contributed by atoms with Gasteiger partial charge in [-0.15, -0.1) is 0 Å². The van der Waals surface area contributed by atoms with E-state index in [0.717, 1.165) is 19.3 Å². The lowest BCUT2D eigenvalue weighted by Crippen LogP contribution is -2.11. The third-order valence-corrected chi connectivity index (χ3v) is 2.43. The highest BCUT2D eigenvalue weighted by molar-refractivity contribution is 5.91. The van der Waals surface area contributed by atoms with Gasteiger partial charge in [-0.25, -0.2) is 4.79 Å². The van der Waals surface area contributed by atoms with E-state index >= 15 is 0 Å². The molecule has 18 heavy (non-hydrogen) atoms. The zero-order valence-electron chi connectivity index (χ0n) is 10.4. The monoisotopic (exact) mass is 250 g/mol. The van der Waals surface area contributed by atoms with Crippen LogP contribution >= 0.6 is 0 Å². The van der Waals surface area contributed by atoms with Crippen LogP contribution in [0.1, 0.15) is 32.6 Å². The molecule has 0 heterocycles. The first kappa shape index (κ1) is 14.0. The average molecular weight is 250 g/mol. The normalized spacial score (nSPS) is 9.83. The van der Waals surface area contributed by atoms with Gasteiger partial charge in [0.2, 0.25) is 5.91 Å². The van der Waals surface area contributed by atoms with Gasteiger partial charge in [0.25, 0.3) is 0 Å². The summed E-state index contributed by atoms with van der Waals surface area (Å²) in [5.41, 5.74) is 1.15. The molecule has 1 aromatic carbocycles. The molecule has 5 heteroatoms. The first-order chi connectivity index (χ1) is 8.61. The molecule has 0 aliphatic heterocycles. The summed E-state index contributed by atoms with van der Waals surface area (Å²) in [6.07, 6.45) is 2.44. The molecule has 1 aromatic rings. The van der Waals surface area contributed by atoms with Gasteiger partial charge in [-0.2, -0.15) is 0 Å². The van der Waals surface area contributed by atoms with E-state index < -0.39 is 6.09 Å². The molecule has 0 aromatic heterocycles. The number of benzene rings is 1. The van der Waals surface area contributed by atoms with Crippen molar-refractivity contribution >= 4 is 23.4 Å². The van der Waals surface area contributed by atoms with E-state index in [0.29, 0.717) is 17.8 Å². The van der Waals surface area contributed by atoms with Gasteiger partial charge in [0.15, 0.2) is 0 Å². The molecule has 3 N–H and O–H groups in total. The molecular formula is C13H18N2O3. The van der Waals surface area contributed by atoms with Crippen molar-refractivity contribution in [3.63, 3.8) is 0 Å². The Labute approximate surface area is 106 Å². The smallest absolute Gasteiger partial charge is 0.409 e. The van der Waals surface area contributed by atoms with Gasteiger partial charge in [-0.05, 0) is 30.7 Å². The number of carbonyl (C=O) groups is 2. The van der Waals surface area contributed by atoms with Crippen LogP contribution in [0.25, 0.3) is 0 Å². The van der Waals surface area contributed by atoms with Gasteiger partial charge in [0.1, 0.15) is 0 Å². The molecule has 0 aliphatic carbocycles. The summed E-state index contributed by atoms with van der Waals surface area (Å²) >= 11 is 0. The van der Waals surface area contributed by atoms with Gasteiger partial charge in [0, 0.05) is 17.8 Å². The second kappa shape index (κ2) is 7.32. The second-order valence-corrected chi connectivity index (χ2v) is 4.01. The first-order valence-corrected chi connectivity index (χ1v) is 6.01. The number of nitrogens with one attached hydrogen (secondary N) is 2. The van der Waals surface area contributed by atoms with Gasteiger partial charge in [0.05, 0.1) is 0 Å². The summed E-state index contributed by atoms with van der Waals surface area (Å²) in [7, 11) is 0. The number of amides is 2.